The molecule has 2 heterocycles. The third kappa shape index (κ3) is 4.67. The van der Waals surface area contributed by atoms with Gasteiger partial charge in [-0.2, -0.15) is 0 Å². The molecule has 0 aliphatic carbocycles. The van der Waals surface area contributed by atoms with Crippen molar-refractivity contribution in [2.45, 2.75) is 45.1 Å². The second-order valence-electron chi connectivity index (χ2n) is 7.71. The Morgan fingerprint density at radius 2 is 2.11 bits per heavy atom. The van der Waals surface area contributed by atoms with E-state index < -0.39 is 0 Å². The SMILES string of the molecule is CN=C(NCc1ncc(C(C)(C)C)o1)NCC1CC(=O)Nc2ccccc21. The Kier molecular flexibility index (Phi) is 5.48. The first-order chi connectivity index (χ1) is 12.9. The molecule has 1 aromatic carbocycles. The maximum Gasteiger partial charge on any atom is 0.225 e. The number of anilines is 1. The van der Waals surface area contributed by atoms with Gasteiger partial charge < -0.3 is 20.4 Å². The minimum atomic E-state index is -0.0693. The minimum Gasteiger partial charge on any atom is -0.443 e. The maximum atomic E-state index is 11.9. The van der Waals surface area contributed by atoms with Crippen LogP contribution in [0, 0.1) is 0 Å². The summed E-state index contributed by atoms with van der Waals surface area (Å²) in [5.74, 6) is 2.26. The van der Waals surface area contributed by atoms with E-state index in [9.17, 15) is 4.79 Å². The van der Waals surface area contributed by atoms with Gasteiger partial charge in [0.1, 0.15) is 5.76 Å². The molecule has 3 rings (SSSR count). The van der Waals surface area contributed by atoms with Crippen molar-refractivity contribution in [1.82, 2.24) is 15.6 Å². The van der Waals surface area contributed by atoms with Gasteiger partial charge in [0, 0.05) is 37.0 Å². The Morgan fingerprint density at radius 1 is 1.33 bits per heavy atom. The molecule has 0 saturated carbocycles. The van der Waals surface area contributed by atoms with Gasteiger partial charge in [0.25, 0.3) is 0 Å². The number of hydrogen-bond acceptors (Lipinski definition) is 4. The van der Waals surface area contributed by atoms with E-state index in [1.165, 1.54) is 0 Å². The lowest BCUT2D eigenvalue weighted by Gasteiger charge is -2.26. The van der Waals surface area contributed by atoms with Gasteiger partial charge in [0.05, 0.1) is 12.7 Å². The first-order valence-electron chi connectivity index (χ1n) is 9.15. The van der Waals surface area contributed by atoms with Crippen molar-refractivity contribution in [2.75, 3.05) is 18.9 Å². The van der Waals surface area contributed by atoms with Gasteiger partial charge in [0.2, 0.25) is 11.8 Å². The highest BCUT2D eigenvalue weighted by Crippen LogP contribution is 2.31. The number of benzene rings is 1. The second kappa shape index (κ2) is 7.82. The van der Waals surface area contributed by atoms with Crippen molar-refractivity contribution in [3.63, 3.8) is 0 Å². The van der Waals surface area contributed by atoms with Crippen LogP contribution in [0.1, 0.15) is 50.3 Å². The number of oxazole rings is 1. The molecule has 1 unspecified atom stereocenters. The third-order valence-corrected chi connectivity index (χ3v) is 4.55. The molecule has 7 heteroatoms. The molecular weight excluding hydrogens is 342 g/mol. The molecule has 1 atom stereocenters. The Balaban J connectivity index is 1.57. The fourth-order valence-electron chi connectivity index (χ4n) is 3.02. The lowest BCUT2D eigenvalue weighted by Crippen LogP contribution is -2.40. The number of nitrogens with zero attached hydrogens (tertiary/aromatic N) is 2. The van der Waals surface area contributed by atoms with E-state index in [2.05, 4.69) is 52.8 Å². The molecule has 0 radical (unpaired) electrons. The summed E-state index contributed by atoms with van der Waals surface area (Å²) >= 11 is 0. The van der Waals surface area contributed by atoms with E-state index in [1.807, 2.05) is 18.2 Å². The predicted molar refractivity (Wildman–Crippen MR) is 106 cm³/mol. The summed E-state index contributed by atoms with van der Waals surface area (Å²) in [6.45, 7) is 7.32. The number of amides is 1. The van der Waals surface area contributed by atoms with Gasteiger partial charge >= 0.3 is 0 Å². The standard InChI is InChI=1S/C20H27N5O2/c1-20(2,3)16-11-22-18(27-16)12-24-19(21-4)23-10-13-9-17(26)25-15-8-6-5-7-14(13)15/h5-8,11,13H,9-10,12H2,1-4H3,(H,25,26)(H2,21,23,24). The Labute approximate surface area is 159 Å². The molecule has 0 bridgehead atoms. The molecule has 1 aliphatic rings. The number of aliphatic imine (C=N–C) groups is 1. The first-order valence-corrected chi connectivity index (χ1v) is 9.15. The zero-order chi connectivity index (χ0) is 19.4. The average Bonchev–Trinajstić information content (AvgIpc) is 3.11. The summed E-state index contributed by atoms with van der Waals surface area (Å²) in [6, 6.07) is 7.91. The van der Waals surface area contributed by atoms with Crippen molar-refractivity contribution in [3.05, 3.63) is 47.7 Å². The van der Waals surface area contributed by atoms with Crippen LogP contribution in [0.3, 0.4) is 0 Å². The lowest BCUT2D eigenvalue weighted by molar-refractivity contribution is -0.116. The van der Waals surface area contributed by atoms with Gasteiger partial charge in [-0.15, -0.1) is 0 Å². The summed E-state index contributed by atoms with van der Waals surface area (Å²) in [5.41, 5.74) is 1.96. The van der Waals surface area contributed by atoms with Crippen LogP contribution in [-0.4, -0.2) is 30.4 Å². The number of para-hydroxylation sites is 1. The fraction of sp³-hybridized carbons (Fsp3) is 0.450. The molecule has 7 nitrogen and oxygen atoms in total. The Morgan fingerprint density at radius 3 is 2.81 bits per heavy atom. The van der Waals surface area contributed by atoms with Gasteiger partial charge in [0.15, 0.2) is 5.96 Å². The van der Waals surface area contributed by atoms with Gasteiger partial charge in [-0.1, -0.05) is 39.0 Å². The van der Waals surface area contributed by atoms with E-state index in [0.29, 0.717) is 31.4 Å². The first kappa shape index (κ1) is 18.9. The molecule has 0 saturated heterocycles. The van der Waals surface area contributed by atoms with Crippen LogP contribution in [0.2, 0.25) is 0 Å². The third-order valence-electron chi connectivity index (χ3n) is 4.55. The number of fused-ring (bicyclic) bond motifs is 1. The van der Waals surface area contributed by atoms with Crippen molar-refractivity contribution in [2.24, 2.45) is 4.99 Å². The summed E-state index contributed by atoms with van der Waals surface area (Å²) < 4.78 is 5.79. The van der Waals surface area contributed by atoms with Crippen molar-refractivity contribution >= 4 is 17.6 Å². The number of guanidine groups is 1. The van der Waals surface area contributed by atoms with Crippen LogP contribution >= 0.6 is 0 Å². The zero-order valence-electron chi connectivity index (χ0n) is 16.3. The highest BCUT2D eigenvalue weighted by atomic mass is 16.4. The van der Waals surface area contributed by atoms with E-state index in [1.54, 1.807) is 13.2 Å². The summed E-state index contributed by atoms with van der Waals surface area (Å²) in [5, 5.41) is 9.42. The van der Waals surface area contributed by atoms with Gasteiger partial charge in [-0.05, 0) is 11.6 Å². The molecule has 1 aromatic heterocycles. The van der Waals surface area contributed by atoms with Crippen molar-refractivity contribution in [3.8, 4) is 0 Å². The zero-order valence-corrected chi connectivity index (χ0v) is 16.3. The van der Waals surface area contributed by atoms with E-state index in [-0.39, 0.29) is 17.2 Å². The Hall–Kier alpha value is -2.83. The minimum absolute atomic E-state index is 0.0398. The largest absolute Gasteiger partial charge is 0.443 e. The molecule has 27 heavy (non-hydrogen) atoms. The number of nitrogens with one attached hydrogen (secondary N) is 3. The molecule has 0 spiro atoms. The number of carbonyl (C=O) groups is 1. The van der Waals surface area contributed by atoms with Gasteiger partial charge in [-0.25, -0.2) is 4.98 Å². The number of rotatable bonds is 4. The number of hydrogen-bond donors (Lipinski definition) is 3. The van der Waals surface area contributed by atoms with E-state index in [4.69, 9.17) is 4.42 Å². The topological polar surface area (TPSA) is 91.6 Å². The van der Waals surface area contributed by atoms with Crippen LogP contribution in [-0.2, 0) is 16.8 Å². The summed E-state index contributed by atoms with van der Waals surface area (Å²) in [7, 11) is 1.72. The average molecular weight is 369 g/mol. The van der Waals surface area contributed by atoms with E-state index >= 15 is 0 Å². The quantitative estimate of drug-likeness (QED) is 0.569. The van der Waals surface area contributed by atoms with Crippen LogP contribution in [0.4, 0.5) is 5.69 Å². The molecule has 144 valence electrons. The molecule has 1 aliphatic heterocycles. The summed E-state index contributed by atoms with van der Waals surface area (Å²) in [6.07, 6.45) is 2.22. The van der Waals surface area contributed by atoms with Crippen LogP contribution in [0.25, 0.3) is 0 Å². The van der Waals surface area contributed by atoms with Gasteiger partial charge in [-0.3, -0.25) is 9.79 Å². The monoisotopic (exact) mass is 369 g/mol. The van der Waals surface area contributed by atoms with Crippen molar-refractivity contribution < 1.29 is 9.21 Å². The highest BCUT2D eigenvalue weighted by molar-refractivity contribution is 5.94. The molecule has 2 aromatic rings. The second-order valence-corrected chi connectivity index (χ2v) is 7.71. The molecule has 1 amide bonds. The number of aromatic nitrogens is 1. The molecular formula is C20H27N5O2. The lowest BCUT2D eigenvalue weighted by atomic mass is 9.90. The fourth-order valence-corrected chi connectivity index (χ4v) is 3.02. The summed E-state index contributed by atoms with van der Waals surface area (Å²) in [4.78, 5) is 20.5. The number of carbonyl (C=O) groups excluding carboxylic acids is 1. The van der Waals surface area contributed by atoms with Crippen molar-refractivity contribution in [1.29, 1.82) is 0 Å². The molecule has 3 N–H and O–H groups in total. The van der Waals surface area contributed by atoms with Crippen LogP contribution in [0.15, 0.2) is 39.9 Å². The van der Waals surface area contributed by atoms with Crippen LogP contribution in [0.5, 0.6) is 0 Å². The van der Waals surface area contributed by atoms with Crippen LogP contribution < -0.4 is 16.0 Å². The maximum absolute atomic E-state index is 11.9. The predicted octanol–water partition coefficient (Wildman–Crippen LogP) is 2.76. The highest BCUT2D eigenvalue weighted by Gasteiger charge is 2.25. The Bertz CT molecular complexity index is 835. The molecule has 0 fully saturated rings. The van der Waals surface area contributed by atoms with E-state index in [0.717, 1.165) is 17.0 Å². The smallest absolute Gasteiger partial charge is 0.225 e. The normalized spacial score (nSPS) is 17.3.